The molecule has 0 saturated heterocycles. The van der Waals surface area contributed by atoms with Crippen LogP contribution in [0.5, 0.6) is 0 Å². The van der Waals surface area contributed by atoms with E-state index < -0.39 is 0 Å². The van der Waals surface area contributed by atoms with Gasteiger partial charge in [-0.2, -0.15) is 0 Å². The van der Waals surface area contributed by atoms with E-state index in [9.17, 15) is 4.79 Å². The Morgan fingerprint density at radius 3 is 2.82 bits per heavy atom. The molecule has 0 aliphatic heterocycles. The molecule has 17 heavy (non-hydrogen) atoms. The molecule has 0 bridgehead atoms. The van der Waals surface area contributed by atoms with Crippen molar-refractivity contribution in [1.29, 1.82) is 0 Å². The highest BCUT2D eigenvalue weighted by molar-refractivity contribution is 5.73. The Morgan fingerprint density at radius 1 is 1.41 bits per heavy atom. The van der Waals surface area contributed by atoms with E-state index in [1.165, 1.54) is 0 Å². The first kappa shape index (κ1) is 13.5. The lowest BCUT2D eigenvalue weighted by Crippen LogP contribution is -2.37. The summed E-state index contributed by atoms with van der Waals surface area (Å²) < 4.78 is 2.09. The number of aryl methyl sites for hydroxylation is 2. The van der Waals surface area contributed by atoms with Gasteiger partial charge in [-0.1, -0.05) is 0 Å². The Morgan fingerprint density at radius 2 is 2.18 bits per heavy atom. The van der Waals surface area contributed by atoms with E-state index >= 15 is 0 Å². The zero-order chi connectivity index (χ0) is 12.5. The highest BCUT2D eigenvalue weighted by Gasteiger charge is 1.99. The maximum Gasteiger partial charge on any atom is 0.314 e. The summed E-state index contributed by atoms with van der Waals surface area (Å²) in [7, 11) is 0. The second kappa shape index (κ2) is 7.67. The van der Waals surface area contributed by atoms with E-state index in [4.69, 9.17) is 5.11 Å². The summed E-state index contributed by atoms with van der Waals surface area (Å²) in [4.78, 5) is 15.2. The maximum atomic E-state index is 11.1. The Bertz CT molecular complexity index is 338. The quantitative estimate of drug-likeness (QED) is 0.598. The van der Waals surface area contributed by atoms with Crippen molar-refractivity contribution >= 4 is 6.03 Å². The van der Waals surface area contributed by atoms with Gasteiger partial charge in [0.05, 0.1) is 6.61 Å². The van der Waals surface area contributed by atoms with Gasteiger partial charge in [-0.15, -0.1) is 0 Å². The second-order valence-electron chi connectivity index (χ2n) is 3.78. The van der Waals surface area contributed by atoms with Crippen LogP contribution in [0.4, 0.5) is 4.79 Å². The molecule has 1 aromatic heterocycles. The third kappa shape index (κ3) is 5.35. The minimum Gasteiger partial charge on any atom is -0.395 e. The standard InChI is InChI=1S/C11H20N4O2/c1-10-12-5-8-15(10)7-3-2-4-13-11(17)14-6-9-16/h5,8,16H,2-4,6-7,9H2,1H3,(H2,13,14,17). The summed E-state index contributed by atoms with van der Waals surface area (Å²) >= 11 is 0. The zero-order valence-electron chi connectivity index (χ0n) is 10.1. The number of amides is 2. The fourth-order valence-electron chi connectivity index (χ4n) is 1.48. The lowest BCUT2D eigenvalue weighted by Gasteiger charge is -2.07. The summed E-state index contributed by atoms with van der Waals surface area (Å²) in [6.45, 7) is 3.80. The van der Waals surface area contributed by atoms with Crippen molar-refractivity contribution in [1.82, 2.24) is 20.2 Å². The van der Waals surface area contributed by atoms with E-state index in [-0.39, 0.29) is 12.6 Å². The zero-order valence-corrected chi connectivity index (χ0v) is 10.1. The van der Waals surface area contributed by atoms with E-state index in [2.05, 4.69) is 20.2 Å². The van der Waals surface area contributed by atoms with Crippen LogP contribution in [0.3, 0.4) is 0 Å². The number of urea groups is 1. The molecule has 0 unspecified atom stereocenters. The van der Waals surface area contributed by atoms with Gasteiger partial charge in [-0.05, 0) is 19.8 Å². The van der Waals surface area contributed by atoms with E-state index in [0.717, 1.165) is 25.2 Å². The highest BCUT2D eigenvalue weighted by atomic mass is 16.3. The normalized spacial score (nSPS) is 10.2. The van der Waals surface area contributed by atoms with Gasteiger partial charge in [-0.3, -0.25) is 0 Å². The van der Waals surface area contributed by atoms with Crippen LogP contribution in [-0.2, 0) is 6.54 Å². The predicted molar refractivity (Wildman–Crippen MR) is 64.7 cm³/mol. The molecule has 1 aromatic rings. The number of imidazole rings is 1. The van der Waals surface area contributed by atoms with Crippen LogP contribution in [0.2, 0.25) is 0 Å². The lowest BCUT2D eigenvalue weighted by molar-refractivity contribution is 0.234. The third-order valence-corrected chi connectivity index (χ3v) is 2.43. The van der Waals surface area contributed by atoms with Gasteiger partial charge in [0.15, 0.2) is 0 Å². The van der Waals surface area contributed by atoms with Crippen LogP contribution in [0, 0.1) is 6.92 Å². The molecule has 0 fully saturated rings. The van der Waals surface area contributed by atoms with Crippen molar-refractivity contribution in [2.45, 2.75) is 26.3 Å². The number of nitrogens with zero attached hydrogens (tertiary/aromatic N) is 2. The molecule has 0 spiro atoms. The van der Waals surface area contributed by atoms with Crippen LogP contribution in [0.1, 0.15) is 18.7 Å². The minimum atomic E-state index is -0.224. The molecule has 96 valence electrons. The van der Waals surface area contributed by atoms with Crippen LogP contribution in [0.25, 0.3) is 0 Å². The van der Waals surface area contributed by atoms with Gasteiger partial charge < -0.3 is 20.3 Å². The molecule has 6 heteroatoms. The molecule has 1 heterocycles. The third-order valence-electron chi connectivity index (χ3n) is 2.43. The first-order valence-corrected chi connectivity index (χ1v) is 5.84. The summed E-state index contributed by atoms with van der Waals surface area (Å²) in [6.07, 6.45) is 5.66. The van der Waals surface area contributed by atoms with Crippen molar-refractivity contribution in [3.8, 4) is 0 Å². The number of carbonyl (C=O) groups excluding carboxylic acids is 1. The van der Waals surface area contributed by atoms with Gasteiger partial charge in [0.2, 0.25) is 0 Å². The van der Waals surface area contributed by atoms with Crippen molar-refractivity contribution in [2.75, 3.05) is 19.7 Å². The van der Waals surface area contributed by atoms with Gasteiger partial charge in [0.25, 0.3) is 0 Å². The van der Waals surface area contributed by atoms with Crippen LogP contribution < -0.4 is 10.6 Å². The van der Waals surface area contributed by atoms with E-state index in [1.54, 1.807) is 6.20 Å². The van der Waals surface area contributed by atoms with E-state index in [1.807, 2.05) is 13.1 Å². The van der Waals surface area contributed by atoms with Crippen molar-refractivity contribution in [3.05, 3.63) is 18.2 Å². The maximum absolute atomic E-state index is 11.1. The fraction of sp³-hybridized carbons (Fsp3) is 0.636. The smallest absolute Gasteiger partial charge is 0.314 e. The average Bonchev–Trinajstić information content (AvgIpc) is 2.72. The lowest BCUT2D eigenvalue weighted by atomic mass is 10.3. The largest absolute Gasteiger partial charge is 0.395 e. The number of carbonyl (C=O) groups is 1. The van der Waals surface area contributed by atoms with E-state index in [0.29, 0.717) is 13.1 Å². The highest BCUT2D eigenvalue weighted by Crippen LogP contribution is 1.98. The molecule has 0 aliphatic rings. The first-order chi connectivity index (χ1) is 8.24. The van der Waals surface area contributed by atoms with Gasteiger partial charge in [0.1, 0.15) is 5.82 Å². The molecule has 2 amide bonds. The van der Waals surface area contributed by atoms with Crippen molar-refractivity contribution < 1.29 is 9.90 Å². The fourth-order valence-corrected chi connectivity index (χ4v) is 1.48. The number of aliphatic hydroxyl groups is 1. The molecule has 3 N–H and O–H groups in total. The molecule has 0 saturated carbocycles. The summed E-state index contributed by atoms with van der Waals surface area (Å²) in [5.41, 5.74) is 0. The number of unbranched alkanes of at least 4 members (excludes halogenated alkanes) is 1. The van der Waals surface area contributed by atoms with Crippen LogP contribution >= 0.6 is 0 Å². The summed E-state index contributed by atoms with van der Waals surface area (Å²) in [5, 5.41) is 13.8. The Labute approximate surface area is 101 Å². The number of hydrogen-bond acceptors (Lipinski definition) is 3. The SMILES string of the molecule is Cc1nccn1CCCCNC(=O)NCCO. The van der Waals surface area contributed by atoms with Crippen molar-refractivity contribution in [3.63, 3.8) is 0 Å². The minimum absolute atomic E-state index is 0.0344. The average molecular weight is 240 g/mol. The van der Waals surface area contributed by atoms with Crippen molar-refractivity contribution in [2.24, 2.45) is 0 Å². The monoisotopic (exact) mass is 240 g/mol. The van der Waals surface area contributed by atoms with Crippen LogP contribution in [-0.4, -0.2) is 40.4 Å². The Kier molecular flexibility index (Phi) is 6.09. The molecule has 0 radical (unpaired) electrons. The number of rotatable bonds is 7. The molecule has 0 aromatic carbocycles. The second-order valence-corrected chi connectivity index (χ2v) is 3.78. The topological polar surface area (TPSA) is 79.2 Å². The number of aliphatic hydroxyl groups excluding tert-OH is 1. The molecule has 0 atom stereocenters. The molecule has 0 aliphatic carbocycles. The number of aromatic nitrogens is 2. The van der Waals surface area contributed by atoms with Gasteiger partial charge in [0, 0.05) is 32.0 Å². The molecule has 6 nitrogen and oxygen atoms in total. The van der Waals surface area contributed by atoms with Gasteiger partial charge >= 0.3 is 6.03 Å². The van der Waals surface area contributed by atoms with Crippen LogP contribution in [0.15, 0.2) is 12.4 Å². The predicted octanol–water partition coefficient (Wildman–Crippen LogP) is 0.263. The first-order valence-electron chi connectivity index (χ1n) is 5.84. The summed E-state index contributed by atoms with van der Waals surface area (Å²) in [6, 6.07) is -0.224. The molecular weight excluding hydrogens is 220 g/mol. The Balaban J connectivity index is 2.01. The summed E-state index contributed by atoms with van der Waals surface area (Å²) in [5.74, 6) is 1.01. The van der Waals surface area contributed by atoms with Gasteiger partial charge in [-0.25, -0.2) is 9.78 Å². The number of hydrogen-bond donors (Lipinski definition) is 3. The molecular formula is C11H20N4O2. The number of nitrogens with one attached hydrogen (secondary N) is 2. The Hall–Kier alpha value is -1.56. The molecule has 1 rings (SSSR count).